The number of anilines is 2. The number of hydroxylamine groups is 1. The molecule has 2 aromatic carbocycles. The molecular weight excluding hydrogens is 333 g/mol. The minimum Gasteiger partial charge on any atom is -0.368 e. The number of amides is 1. The Morgan fingerprint density at radius 1 is 1.38 bits per heavy atom. The molecule has 0 aliphatic carbocycles. The van der Waals surface area contributed by atoms with Crippen LogP contribution in [0.2, 0.25) is 5.02 Å². The van der Waals surface area contributed by atoms with E-state index in [4.69, 9.17) is 17.3 Å². The van der Waals surface area contributed by atoms with Crippen molar-refractivity contribution in [1.29, 1.82) is 0 Å². The topological polar surface area (TPSA) is 69.8 Å². The Bertz CT molecular complexity index is 799. The fourth-order valence-corrected chi connectivity index (χ4v) is 3.02. The second kappa shape index (κ2) is 6.39. The van der Waals surface area contributed by atoms with Crippen molar-refractivity contribution in [3.05, 3.63) is 58.4 Å². The second-order valence-electron chi connectivity index (χ2n) is 5.88. The Labute approximate surface area is 144 Å². The van der Waals surface area contributed by atoms with E-state index in [1.165, 1.54) is 6.07 Å². The largest absolute Gasteiger partial charge is 0.368 e. The van der Waals surface area contributed by atoms with Crippen LogP contribution in [0, 0.1) is 5.82 Å². The highest BCUT2D eigenvalue weighted by Gasteiger charge is 2.29. The van der Waals surface area contributed by atoms with E-state index in [2.05, 4.69) is 0 Å². The number of rotatable bonds is 3. The Morgan fingerprint density at radius 3 is 2.83 bits per heavy atom. The van der Waals surface area contributed by atoms with E-state index in [0.29, 0.717) is 34.4 Å². The maximum absolute atomic E-state index is 14.0. The molecule has 0 spiro atoms. The molecule has 7 heteroatoms. The zero-order chi connectivity index (χ0) is 17.4. The molecule has 0 bridgehead atoms. The molecule has 0 fully saturated rings. The average molecular weight is 350 g/mol. The molecule has 3 N–H and O–H groups in total. The lowest BCUT2D eigenvalue weighted by atomic mass is 9.97. The molecule has 1 heterocycles. The van der Waals surface area contributed by atoms with E-state index in [0.717, 1.165) is 11.1 Å². The maximum Gasteiger partial charge on any atom is 0.267 e. The van der Waals surface area contributed by atoms with E-state index >= 15 is 0 Å². The Balaban J connectivity index is 1.84. The molecular formula is C17H17ClFN3O2. The van der Waals surface area contributed by atoms with Gasteiger partial charge in [-0.05, 0) is 41.8 Å². The van der Waals surface area contributed by atoms with Gasteiger partial charge in [0.2, 0.25) is 0 Å². The molecule has 1 aliphatic heterocycles. The molecule has 5 nitrogen and oxygen atoms in total. The molecule has 1 amide bonds. The van der Waals surface area contributed by atoms with Gasteiger partial charge in [0.25, 0.3) is 5.91 Å². The first-order valence-electron chi connectivity index (χ1n) is 7.43. The Kier molecular flexibility index (Phi) is 4.45. The summed E-state index contributed by atoms with van der Waals surface area (Å²) < 4.78 is 14.0. The maximum atomic E-state index is 14.0. The number of benzene rings is 2. The molecule has 24 heavy (non-hydrogen) atoms. The van der Waals surface area contributed by atoms with Gasteiger partial charge in [-0.2, -0.15) is 5.06 Å². The van der Waals surface area contributed by atoms with E-state index in [1.807, 2.05) is 6.07 Å². The molecule has 0 radical (unpaired) electrons. The lowest BCUT2D eigenvalue weighted by Gasteiger charge is -2.28. The first-order chi connectivity index (χ1) is 11.4. The van der Waals surface area contributed by atoms with Gasteiger partial charge in [0, 0.05) is 18.6 Å². The lowest BCUT2D eigenvalue weighted by molar-refractivity contribution is -0.125. The zero-order valence-electron chi connectivity index (χ0n) is 13.0. The van der Waals surface area contributed by atoms with E-state index in [-0.39, 0.29) is 0 Å². The number of hydrogen-bond acceptors (Lipinski definition) is 4. The molecule has 1 aliphatic rings. The minimum atomic E-state index is -0.760. The number of carbonyl (C=O) groups excluding carboxylic acids is 1. The highest BCUT2D eigenvalue weighted by molar-refractivity contribution is 6.30. The number of carbonyl (C=O) groups is 1. The molecule has 0 unspecified atom stereocenters. The molecule has 3 rings (SSSR count). The molecule has 0 aromatic heterocycles. The highest BCUT2D eigenvalue weighted by atomic mass is 35.5. The third-order valence-electron chi connectivity index (χ3n) is 4.08. The number of halogens is 2. The summed E-state index contributed by atoms with van der Waals surface area (Å²) in [6.07, 6.45) is 0.359. The van der Waals surface area contributed by atoms with Crippen LogP contribution in [0.5, 0.6) is 0 Å². The summed E-state index contributed by atoms with van der Waals surface area (Å²) in [6, 6.07) is 9.10. The first kappa shape index (κ1) is 16.7. The third-order valence-corrected chi connectivity index (χ3v) is 4.31. The van der Waals surface area contributed by atoms with Crippen molar-refractivity contribution in [1.82, 2.24) is 0 Å². The van der Waals surface area contributed by atoms with Crippen LogP contribution in [-0.4, -0.2) is 24.2 Å². The van der Waals surface area contributed by atoms with Gasteiger partial charge in [0.05, 0.1) is 17.4 Å². The number of hydrogen-bond donors (Lipinski definition) is 2. The summed E-state index contributed by atoms with van der Waals surface area (Å²) in [5, 5.41) is 10.8. The summed E-state index contributed by atoms with van der Waals surface area (Å²) in [6.45, 7) is 0.459. The van der Waals surface area contributed by atoms with Crippen LogP contribution in [0.1, 0.15) is 11.1 Å². The predicted octanol–water partition coefficient (Wildman–Crippen LogP) is 2.72. The van der Waals surface area contributed by atoms with Gasteiger partial charge in [-0.15, -0.1) is 0 Å². The number of nitrogens with zero attached hydrogens (tertiary/aromatic N) is 2. The highest BCUT2D eigenvalue weighted by Crippen LogP contribution is 2.29. The van der Waals surface area contributed by atoms with Gasteiger partial charge < -0.3 is 10.6 Å². The normalized spacial score (nSPS) is 17.0. The van der Waals surface area contributed by atoms with Crippen molar-refractivity contribution >= 4 is 28.9 Å². The second-order valence-corrected chi connectivity index (χ2v) is 6.31. The summed E-state index contributed by atoms with van der Waals surface area (Å²) in [4.78, 5) is 13.5. The standard InChI is InChI=1S/C17H17ClFN3O2/c1-21(16-5-3-12(18)8-13(16)19)9-10-2-4-15-11(6-10)7-14(20)17(23)22(15)24/h2-6,8,14,24H,7,9,20H2,1H3/t14-/m0/s1. The van der Waals surface area contributed by atoms with Crippen LogP contribution < -0.4 is 15.7 Å². The van der Waals surface area contributed by atoms with Crippen molar-refractivity contribution in [2.45, 2.75) is 19.0 Å². The van der Waals surface area contributed by atoms with Gasteiger partial charge in [-0.3, -0.25) is 10.0 Å². The third kappa shape index (κ3) is 3.08. The minimum absolute atomic E-state index is 0.347. The van der Waals surface area contributed by atoms with Crippen LogP contribution >= 0.6 is 11.6 Å². The van der Waals surface area contributed by atoms with Crippen LogP contribution in [0.4, 0.5) is 15.8 Å². The summed E-state index contributed by atoms with van der Waals surface area (Å²) in [5.74, 6) is -0.910. The molecule has 2 aromatic rings. The van der Waals surface area contributed by atoms with Crippen LogP contribution in [-0.2, 0) is 17.8 Å². The van der Waals surface area contributed by atoms with Crippen molar-refractivity contribution in [2.75, 3.05) is 17.0 Å². The SMILES string of the molecule is CN(Cc1ccc2c(c1)C[C@H](N)C(=O)N2O)c1ccc(Cl)cc1F. The van der Waals surface area contributed by atoms with Crippen LogP contribution in [0.15, 0.2) is 36.4 Å². The van der Waals surface area contributed by atoms with Gasteiger partial charge >= 0.3 is 0 Å². The van der Waals surface area contributed by atoms with Crippen molar-refractivity contribution < 1.29 is 14.4 Å². The number of nitrogens with two attached hydrogens (primary N) is 1. The van der Waals surface area contributed by atoms with Crippen LogP contribution in [0.25, 0.3) is 0 Å². The quantitative estimate of drug-likeness (QED) is 0.836. The Hall–Kier alpha value is -2.15. The fourth-order valence-electron chi connectivity index (χ4n) is 2.86. The van der Waals surface area contributed by atoms with Crippen LogP contribution in [0.3, 0.4) is 0 Å². The van der Waals surface area contributed by atoms with Crippen molar-refractivity contribution in [2.24, 2.45) is 5.73 Å². The van der Waals surface area contributed by atoms with Gasteiger partial charge in [0.1, 0.15) is 5.82 Å². The van der Waals surface area contributed by atoms with Crippen molar-refractivity contribution in [3.63, 3.8) is 0 Å². The predicted molar refractivity (Wildman–Crippen MR) is 90.9 cm³/mol. The fraction of sp³-hybridized carbons (Fsp3) is 0.235. The summed E-state index contributed by atoms with van der Waals surface area (Å²) in [7, 11) is 1.78. The van der Waals surface area contributed by atoms with E-state index in [1.54, 1.807) is 36.2 Å². The first-order valence-corrected chi connectivity index (χ1v) is 7.81. The van der Waals surface area contributed by atoms with E-state index in [9.17, 15) is 14.4 Å². The van der Waals surface area contributed by atoms with E-state index < -0.39 is 17.8 Å². The monoisotopic (exact) mass is 349 g/mol. The Morgan fingerprint density at radius 2 is 2.12 bits per heavy atom. The van der Waals surface area contributed by atoms with Gasteiger partial charge in [-0.25, -0.2) is 4.39 Å². The smallest absolute Gasteiger partial charge is 0.267 e. The summed E-state index contributed by atoms with van der Waals surface area (Å²) >= 11 is 5.77. The average Bonchev–Trinajstić information content (AvgIpc) is 2.52. The lowest BCUT2D eigenvalue weighted by Crippen LogP contribution is -2.47. The number of fused-ring (bicyclic) bond motifs is 1. The van der Waals surface area contributed by atoms with Gasteiger partial charge in [0.15, 0.2) is 0 Å². The molecule has 0 saturated carbocycles. The molecule has 0 saturated heterocycles. The van der Waals surface area contributed by atoms with Crippen molar-refractivity contribution in [3.8, 4) is 0 Å². The molecule has 1 atom stereocenters. The summed E-state index contributed by atoms with van der Waals surface area (Å²) in [5.41, 5.74) is 8.31. The zero-order valence-corrected chi connectivity index (χ0v) is 13.8. The van der Waals surface area contributed by atoms with Gasteiger partial charge in [-0.1, -0.05) is 23.7 Å². The molecule has 126 valence electrons.